The summed E-state index contributed by atoms with van der Waals surface area (Å²) < 4.78 is 37.4. The van der Waals surface area contributed by atoms with Crippen molar-refractivity contribution in [3.8, 4) is 0 Å². The van der Waals surface area contributed by atoms with Gasteiger partial charge in [-0.05, 0) is 18.2 Å². The van der Waals surface area contributed by atoms with Crippen LogP contribution in [0.4, 0.5) is 10.1 Å². The van der Waals surface area contributed by atoms with Crippen LogP contribution in [0.15, 0.2) is 23.2 Å². The molecule has 0 spiro atoms. The molecule has 2 heterocycles. The molecule has 0 N–H and O–H groups in total. The van der Waals surface area contributed by atoms with Crippen LogP contribution in [-0.4, -0.2) is 42.3 Å². The molecule has 1 aromatic rings. The minimum absolute atomic E-state index is 0.0174. The summed E-state index contributed by atoms with van der Waals surface area (Å²) in [5.74, 6) is -0.988. The summed E-state index contributed by atoms with van der Waals surface area (Å²) in [5, 5.41) is 0.178. The molecule has 5 nitrogen and oxygen atoms in total. The van der Waals surface area contributed by atoms with Crippen molar-refractivity contribution in [3.05, 3.63) is 29.0 Å². The number of hydrogen-bond donors (Lipinski definition) is 0. The van der Waals surface area contributed by atoms with Gasteiger partial charge in [-0.15, -0.1) is 0 Å². The monoisotopic (exact) mass is 362 g/mol. The average Bonchev–Trinajstić information content (AvgIpc) is 2.83. The van der Waals surface area contributed by atoms with Gasteiger partial charge in [0.05, 0.1) is 22.6 Å². The summed E-state index contributed by atoms with van der Waals surface area (Å²) in [5.41, 5.74) is 0.444. The molecule has 3 rings (SSSR count). The number of hydrogen-bond acceptors (Lipinski definition) is 4. The number of carbonyl (C=O) groups excluding carboxylic acids is 1. The van der Waals surface area contributed by atoms with E-state index in [0.29, 0.717) is 10.9 Å². The Morgan fingerprint density at radius 1 is 1.45 bits per heavy atom. The Labute approximate surface area is 136 Å². The number of amides is 1. The number of nitrogens with zero attached hydrogens (tertiary/aromatic N) is 2. The summed E-state index contributed by atoms with van der Waals surface area (Å²) in [7, 11) is -3.14. The maximum Gasteiger partial charge on any atom is 0.244 e. The number of anilines is 1. The molecule has 1 amide bonds. The zero-order valence-corrected chi connectivity index (χ0v) is 13.9. The number of fused-ring (bicyclic) bond motifs is 1. The fourth-order valence-electron chi connectivity index (χ4n) is 2.64. The van der Waals surface area contributed by atoms with Crippen LogP contribution in [0.5, 0.6) is 0 Å². The molecule has 118 valence electrons. The van der Waals surface area contributed by atoms with E-state index in [-0.39, 0.29) is 33.7 Å². The third-order valence-corrected chi connectivity index (χ3v) is 7.02. The molecule has 9 heteroatoms. The third-order valence-electron chi connectivity index (χ3n) is 3.50. The second kappa shape index (κ2) is 5.50. The summed E-state index contributed by atoms with van der Waals surface area (Å²) in [4.78, 5) is 16.9. The molecule has 22 heavy (non-hydrogen) atoms. The zero-order chi connectivity index (χ0) is 16.1. The predicted molar refractivity (Wildman–Crippen MR) is 85.8 cm³/mol. The maximum atomic E-state index is 13.7. The number of thioether (sulfide) groups is 1. The fourth-order valence-corrected chi connectivity index (χ4v) is 6.71. The number of benzene rings is 1. The van der Waals surface area contributed by atoms with Gasteiger partial charge in [-0.3, -0.25) is 4.79 Å². The molecule has 0 saturated carbocycles. The Kier molecular flexibility index (Phi) is 3.94. The molecule has 2 fully saturated rings. The number of carbonyl (C=O) groups is 1. The second-order valence-electron chi connectivity index (χ2n) is 5.18. The normalized spacial score (nSPS) is 28.1. The molecule has 0 radical (unpaired) electrons. The van der Waals surface area contributed by atoms with Crippen molar-refractivity contribution in [2.45, 2.75) is 18.2 Å². The van der Waals surface area contributed by atoms with Crippen LogP contribution in [0, 0.1) is 5.82 Å². The molecule has 0 bridgehead atoms. The van der Waals surface area contributed by atoms with Crippen molar-refractivity contribution in [2.24, 2.45) is 4.99 Å². The SMILES string of the molecule is CC(=O)N=C1S[C@@H]2CS(=O)(=O)C[C@H]2N1c1ccc(Cl)c(F)c1. The van der Waals surface area contributed by atoms with Gasteiger partial charge in [-0.25, -0.2) is 12.8 Å². The molecule has 2 saturated heterocycles. The van der Waals surface area contributed by atoms with E-state index in [0.717, 1.165) is 0 Å². The van der Waals surface area contributed by atoms with Crippen molar-refractivity contribution in [1.82, 2.24) is 0 Å². The number of aliphatic imine (C=N–C) groups is 1. The van der Waals surface area contributed by atoms with Gasteiger partial charge in [0.25, 0.3) is 0 Å². The predicted octanol–water partition coefficient (Wildman–Crippen LogP) is 2.10. The Morgan fingerprint density at radius 2 is 2.18 bits per heavy atom. The van der Waals surface area contributed by atoms with Crippen molar-refractivity contribution < 1.29 is 17.6 Å². The standard InChI is InChI=1S/C13H12ClFN2O3S2/c1-7(18)16-13-17(8-2-3-9(14)10(15)4-8)11-5-22(19,20)6-12(11)21-13/h2-4,11-12H,5-6H2,1H3/t11-,12-/m1/s1. The first-order chi connectivity index (χ1) is 10.3. The van der Waals surface area contributed by atoms with Gasteiger partial charge in [0.1, 0.15) is 5.82 Å². The Morgan fingerprint density at radius 3 is 2.82 bits per heavy atom. The van der Waals surface area contributed by atoms with Gasteiger partial charge < -0.3 is 4.90 Å². The van der Waals surface area contributed by atoms with Gasteiger partial charge >= 0.3 is 0 Å². The topological polar surface area (TPSA) is 66.8 Å². The van der Waals surface area contributed by atoms with Gasteiger partial charge in [0.15, 0.2) is 15.0 Å². The number of amidine groups is 1. The summed E-state index contributed by atoms with van der Waals surface area (Å²) in [6, 6.07) is 3.87. The number of sulfone groups is 1. The lowest BCUT2D eigenvalue weighted by Crippen LogP contribution is -2.37. The van der Waals surface area contributed by atoms with Gasteiger partial charge in [-0.1, -0.05) is 23.4 Å². The molecular formula is C13H12ClFN2O3S2. The Hall–Kier alpha value is -1.12. The van der Waals surface area contributed by atoms with E-state index in [1.165, 1.54) is 30.8 Å². The molecule has 2 aliphatic rings. The first-order valence-electron chi connectivity index (χ1n) is 6.47. The second-order valence-corrected chi connectivity index (χ2v) is 8.95. The summed E-state index contributed by atoms with van der Waals surface area (Å²) >= 11 is 6.93. The highest BCUT2D eigenvalue weighted by Crippen LogP contribution is 2.41. The van der Waals surface area contributed by atoms with Crippen molar-refractivity contribution in [3.63, 3.8) is 0 Å². The molecule has 0 aliphatic carbocycles. The molecular weight excluding hydrogens is 351 g/mol. The summed E-state index contributed by atoms with van der Waals surface area (Å²) in [6.07, 6.45) is 0. The lowest BCUT2D eigenvalue weighted by Gasteiger charge is -2.24. The zero-order valence-electron chi connectivity index (χ0n) is 11.5. The molecule has 0 aromatic heterocycles. The Bertz CT molecular complexity index is 781. The lowest BCUT2D eigenvalue weighted by molar-refractivity contribution is -0.115. The third kappa shape index (κ3) is 2.87. The van der Waals surface area contributed by atoms with E-state index in [4.69, 9.17) is 11.6 Å². The van der Waals surface area contributed by atoms with E-state index < -0.39 is 15.7 Å². The highest BCUT2D eigenvalue weighted by Gasteiger charge is 2.49. The molecule has 2 atom stereocenters. The fraction of sp³-hybridized carbons (Fsp3) is 0.385. The van der Waals surface area contributed by atoms with E-state index in [1.807, 2.05) is 0 Å². The van der Waals surface area contributed by atoms with Crippen LogP contribution in [0.1, 0.15) is 6.92 Å². The first-order valence-corrected chi connectivity index (χ1v) is 9.55. The highest BCUT2D eigenvalue weighted by molar-refractivity contribution is 8.16. The first kappa shape index (κ1) is 15.8. The van der Waals surface area contributed by atoms with Crippen molar-refractivity contribution in [2.75, 3.05) is 16.4 Å². The van der Waals surface area contributed by atoms with Crippen LogP contribution < -0.4 is 4.90 Å². The van der Waals surface area contributed by atoms with Gasteiger partial charge in [0, 0.05) is 17.9 Å². The lowest BCUT2D eigenvalue weighted by atomic mass is 10.2. The van der Waals surface area contributed by atoms with Crippen LogP contribution >= 0.6 is 23.4 Å². The minimum atomic E-state index is -3.14. The number of halogens is 2. The number of rotatable bonds is 1. The largest absolute Gasteiger partial charge is 0.315 e. The molecule has 1 aromatic carbocycles. The van der Waals surface area contributed by atoms with Crippen molar-refractivity contribution >= 4 is 50.0 Å². The van der Waals surface area contributed by atoms with Crippen LogP contribution in [0.2, 0.25) is 5.02 Å². The minimum Gasteiger partial charge on any atom is -0.315 e. The summed E-state index contributed by atoms with van der Waals surface area (Å²) in [6.45, 7) is 1.32. The van der Waals surface area contributed by atoms with E-state index in [1.54, 1.807) is 11.0 Å². The smallest absolute Gasteiger partial charge is 0.244 e. The molecule has 0 unspecified atom stereocenters. The van der Waals surface area contributed by atoms with Crippen LogP contribution in [0.25, 0.3) is 0 Å². The van der Waals surface area contributed by atoms with Gasteiger partial charge in [0.2, 0.25) is 5.91 Å². The van der Waals surface area contributed by atoms with Gasteiger partial charge in [-0.2, -0.15) is 4.99 Å². The van der Waals surface area contributed by atoms with Crippen LogP contribution in [-0.2, 0) is 14.6 Å². The Balaban J connectivity index is 2.06. The van der Waals surface area contributed by atoms with E-state index in [2.05, 4.69) is 4.99 Å². The molecule has 2 aliphatic heterocycles. The quantitative estimate of drug-likeness (QED) is 0.765. The van der Waals surface area contributed by atoms with Crippen LogP contribution in [0.3, 0.4) is 0 Å². The maximum absolute atomic E-state index is 13.7. The highest BCUT2D eigenvalue weighted by atomic mass is 35.5. The van der Waals surface area contributed by atoms with E-state index in [9.17, 15) is 17.6 Å². The average molecular weight is 363 g/mol. The van der Waals surface area contributed by atoms with Crippen molar-refractivity contribution in [1.29, 1.82) is 0 Å². The van der Waals surface area contributed by atoms with E-state index >= 15 is 0 Å².